The Morgan fingerprint density at radius 1 is 1.46 bits per heavy atom. The Hall–Kier alpha value is -1.30. The average molecular weight is 195 g/mol. The molecule has 2 aromatic rings. The zero-order valence-electron chi connectivity index (χ0n) is 7.11. The molecule has 0 spiro atoms. The van der Waals surface area contributed by atoms with Gasteiger partial charge in [-0.2, -0.15) is 0 Å². The summed E-state index contributed by atoms with van der Waals surface area (Å²) in [6.07, 6.45) is 0. The molecule has 6 heteroatoms. The van der Waals surface area contributed by atoms with Gasteiger partial charge in [0, 0.05) is 0 Å². The molecule has 0 aliphatic carbocycles. The molecule has 2 heterocycles. The second kappa shape index (κ2) is 3.61. The van der Waals surface area contributed by atoms with E-state index in [9.17, 15) is 0 Å². The number of rotatable bonds is 3. The highest BCUT2D eigenvalue weighted by molar-refractivity contribution is 7.99. The maximum atomic E-state index is 3.80. The van der Waals surface area contributed by atoms with E-state index in [0.717, 1.165) is 16.5 Å². The van der Waals surface area contributed by atoms with Crippen LogP contribution >= 0.6 is 11.8 Å². The summed E-state index contributed by atoms with van der Waals surface area (Å²) in [5.74, 6) is 1.72. The third-order valence-electron chi connectivity index (χ3n) is 1.56. The van der Waals surface area contributed by atoms with Crippen LogP contribution < -0.4 is 0 Å². The molecule has 0 aliphatic rings. The van der Waals surface area contributed by atoms with E-state index in [4.69, 9.17) is 0 Å². The predicted molar refractivity (Wildman–Crippen MR) is 50.4 cm³/mol. The van der Waals surface area contributed by atoms with Gasteiger partial charge in [-0.3, -0.25) is 0 Å². The van der Waals surface area contributed by atoms with Gasteiger partial charge in [0.2, 0.25) is 0 Å². The van der Waals surface area contributed by atoms with Crippen molar-refractivity contribution >= 4 is 11.8 Å². The van der Waals surface area contributed by atoms with Crippen molar-refractivity contribution in [1.82, 2.24) is 25.6 Å². The van der Waals surface area contributed by atoms with Crippen molar-refractivity contribution in [3.8, 4) is 11.5 Å². The topological polar surface area (TPSA) is 70.2 Å². The second-order valence-corrected chi connectivity index (χ2v) is 3.72. The van der Waals surface area contributed by atoms with Gasteiger partial charge in [-0.25, -0.2) is 5.10 Å². The third-order valence-corrected chi connectivity index (χ3v) is 2.40. The van der Waals surface area contributed by atoms with Crippen LogP contribution in [0.1, 0.15) is 6.92 Å². The summed E-state index contributed by atoms with van der Waals surface area (Å²) in [5, 5.41) is 14.6. The summed E-state index contributed by atoms with van der Waals surface area (Å²) in [5.41, 5.74) is 0.918. The van der Waals surface area contributed by atoms with Crippen molar-refractivity contribution in [2.45, 2.75) is 11.9 Å². The summed E-state index contributed by atoms with van der Waals surface area (Å²) in [6, 6.07) is 3.98. The van der Waals surface area contributed by atoms with Gasteiger partial charge in [0.25, 0.3) is 0 Å². The van der Waals surface area contributed by atoms with Crippen LogP contribution in [0.5, 0.6) is 0 Å². The Labute approximate surface area is 79.3 Å². The van der Waals surface area contributed by atoms with Gasteiger partial charge < -0.3 is 4.98 Å². The number of thioether (sulfide) groups is 1. The van der Waals surface area contributed by atoms with E-state index < -0.39 is 0 Å². The Bertz CT molecular complexity index is 366. The fraction of sp³-hybridized carbons (Fsp3) is 0.286. The maximum Gasteiger partial charge on any atom is 0.195 e. The van der Waals surface area contributed by atoms with E-state index in [0.29, 0.717) is 5.82 Å². The van der Waals surface area contributed by atoms with Crippen molar-refractivity contribution in [2.24, 2.45) is 0 Å². The number of hydrogen-bond donors (Lipinski definition) is 2. The summed E-state index contributed by atoms with van der Waals surface area (Å²) >= 11 is 1.76. The van der Waals surface area contributed by atoms with Gasteiger partial charge in [-0.05, 0) is 28.3 Å². The lowest BCUT2D eigenvalue weighted by atomic mass is 10.4. The van der Waals surface area contributed by atoms with E-state index in [1.54, 1.807) is 11.8 Å². The summed E-state index contributed by atoms with van der Waals surface area (Å²) in [4.78, 5) is 3.21. The lowest BCUT2D eigenvalue weighted by Gasteiger charge is -1.91. The largest absolute Gasteiger partial charge is 0.347 e. The summed E-state index contributed by atoms with van der Waals surface area (Å²) in [6.45, 7) is 2.11. The van der Waals surface area contributed by atoms with Crippen LogP contribution in [0.15, 0.2) is 17.2 Å². The van der Waals surface area contributed by atoms with Crippen LogP contribution in [-0.2, 0) is 0 Å². The van der Waals surface area contributed by atoms with Crippen molar-refractivity contribution in [1.29, 1.82) is 0 Å². The summed E-state index contributed by atoms with van der Waals surface area (Å²) < 4.78 is 0. The van der Waals surface area contributed by atoms with Gasteiger partial charge in [-0.15, -0.1) is 16.9 Å². The predicted octanol–water partition coefficient (Wildman–Crippen LogP) is 1.31. The van der Waals surface area contributed by atoms with Gasteiger partial charge >= 0.3 is 0 Å². The number of nitrogens with zero attached hydrogens (tertiary/aromatic N) is 3. The Morgan fingerprint density at radius 2 is 2.38 bits per heavy atom. The minimum absolute atomic E-state index is 0.669. The summed E-state index contributed by atoms with van der Waals surface area (Å²) in [7, 11) is 0. The molecule has 0 atom stereocenters. The molecular formula is C7H9N5S. The fourth-order valence-electron chi connectivity index (χ4n) is 1.03. The molecule has 0 amide bonds. The van der Waals surface area contributed by atoms with Crippen LogP contribution in [0.3, 0.4) is 0 Å². The molecule has 0 bridgehead atoms. The van der Waals surface area contributed by atoms with Crippen LogP contribution in [0, 0.1) is 0 Å². The maximum absolute atomic E-state index is 3.80. The lowest BCUT2D eigenvalue weighted by Crippen LogP contribution is -1.80. The minimum atomic E-state index is 0.669. The van der Waals surface area contributed by atoms with Crippen molar-refractivity contribution in [3.63, 3.8) is 0 Å². The molecule has 2 N–H and O–H groups in total. The standard InChI is InChI=1S/C7H9N5S/c1-2-13-6-4-3-5(8-6)7-9-11-12-10-7/h3-4,8H,2H2,1H3,(H,9,10,11,12). The monoisotopic (exact) mass is 195 g/mol. The quantitative estimate of drug-likeness (QED) is 0.724. The Balaban J connectivity index is 2.23. The SMILES string of the molecule is CCSc1ccc(-c2nnn[nH]2)[nH]1. The molecule has 0 unspecified atom stereocenters. The normalized spacial score (nSPS) is 10.5. The first-order valence-corrected chi connectivity index (χ1v) is 4.94. The molecule has 2 aromatic heterocycles. The van der Waals surface area contributed by atoms with E-state index in [1.165, 1.54) is 0 Å². The van der Waals surface area contributed by atoms with Gasteiger partial charge in [-0.1, -0.05) is 6.92 Å². The van der Waals surface area contributed by atoms with Crippen molar-refractivity contribution < 1.29 is 0 Å². The molecule has 0 saturated carbocycles. The highest BCUT2D eigenvalue weighted by Crippen LogP contribution is 2.20. The van der Waals surface area contributed by atoms with Crippen LogP contribution in [-0.4, -0.2) is 31.4 Å². The van der Waals surface area contributed by atoms with E-state index in [2.05, 4.69) is 32.5 Å². The molecule has 13 heavy (non-hydrogen) atoms. The van der Waals surface area contributed by atoms with Gasteiger partial charge in [0.1, 0.15) is 0 Å². The fourth-order valence-corrected chi connectivity index (χ4v) is 1.68. The molecule has 0 saturated heterocycles. The molecule has 0 aromatic carbocycles. The lowest BCUT2D eigenvalue weighted by molar-refractivity contribution is 0.881. The molecule has 0 fully saturated rings. The molecule has 2 rings (SSSR count). The van der Waals surface area contributed by atoms with Crippen LogP contribution in [0.2, 0.25) is 0 Å². The Kier molecular flexibility index (Phi) is 2.31. The highest BCUT2D eigenvalue weighted by Gasteiger charge is 2.03. The zero-order valence-corrected chi connectivity index (χ0v) is 7.93. The number of tetrazole rings is 1. The first kappa shape index (κ1) is 8.31. The Morgan fingerprint density at radius 3 is 3.08 bits per heavy atom. The molecule has 0 aliphatic heterocycles. The smallest absolute Gasteiger partial charge is 0.195 e. The minimum Gasteiger partial charge on any atom is -0.347 e. The van der Waals surface area contributed by atoms with Crippen LogP contribution in [0.4, 0.5) is 0 Å². The first-order valence-electron chi connectivity index (χ1n) is 3.96. The number of H-pyrrole nitrogens is 2. The number of aromatic nitrogens is 5. The second-order valence-electron chi connectivity index (χ2n) is 2.42. The van der Waals surface area contributed by atoms with E-state index in [1.807, 2.05) is 12.1 Å². The van der Waals surface area contributed by atoms with Gasteiger partial charge in [0.15, 0.2) is 5.82 Å². The zero-order chi connectivity index (χ0) is 9.10. The van der Waals surface area contributed by atoms with Crippen LogP contribution in [0.25, 0.3) is 11.5 Å². The number of hydrogen-bond acceptors (Lipinski definition) is 4. The van der Waals surface area contributed by atoms with Crippen molar-refractivity contribution in [2.75, 3.05) is 5.75 Å². The first-order chi connectivity index (χ1) is 6.40. The highest BCUT2D eigenvalue weighted by atomic mass is 32.2. The number of aromatic amines is 2. The van der Waals surface area contributed by atoms with E-state index in [-0.39, 0.29) is 0 Å². The average Bonchev–Trinajstić information content (AvgIpc) is 2.70. The third kappa shape index (κ3) is 1.72. The van der Waals surface area contributed by atoms with Crippen molar-refractivity contribution in [3.05, 3.63) is 12.1 Å². The molecule has 0 radical (unpaired) electrons. The number of nitrogens with one attached hydrogen (secondary N) is 2. The molecule has 5 nitrogen and oxygen atoms in total. The molecular weight excluding hydrogens is 186 g/mol. The van der Waals surface area contributed by atoms with Gasteiger partial charge in [0.05, 0.1) is 10.7 Å². The van der Waals surface area contributed by atoms with E-state index >= 15 is 0 Å². The molecule has 68 valence electrons.